The molecule has 2 nitrogen and oxygen atoms in total. The molecule has 0 bridgehead atoms. The highest BCUT2D eigenvalue weighted by Crippen LogP contribution is 2.17. The van der Waals surface area contributed by atoms with Crippen molar-refractivity contribution in [3.63, 3.8) is 0 Å². The first kappa shape index (κ1) is 10.1. The zero-order valence-corrected chi connectivity index (χ0v) is 9.08. The second-order valence-electron chi connectivity index (χ2n) is 3.03. The molecule has 0 saturated heterocycles. The topological polar surface area (TPSA) is 30.2 Å². The smallest absolute Gasteiger partial charge is 0.228 e. The summed E-state index contributed by atoms with van der Waals surface area (Å²) in [4.78, 5) is 13.0. The molecule has 1 aromatic heterocycles. The predicted octanol–water partition coefficient (Wildman–Crippen LogP) is 3.23. The lowest BCUT2D eigenvalue weighted by molar-refractivity contribution is 0.101. The molecule has 1 aromatic carbocycles. The first-order valence-electron chi connectivity index (χ1n) is 4.53. The van der Waals surface area contributed by atoms with Gasteiger partial charge in [0.05, 0.1) is 6.26 Å². The van der Waals surface area contributed by atoms with E-state index in [1.165, 1.54) is 6.26 Å². The molecule has 0 amide bonds. The Hall–Kier alpha value is -1.48. The maximum Gasteiger partial charge on any atom is 0.228 e. The van der Waals surface area contributed by atoms with Crippen LogP contribution in [0.15, 0.2) is 52.0 Å². The van der Waals surface area contributed by atoms with Crippen LogP contribution in [0.25, 0.3) is 0 Å². The molecular weight excluding hydrogens is 208 g/mol. The van der Waals surface area contributed by atoms with Crippen molar-refractivity contribution in [3.05, 3.63) is 54.0 Å². The first-order chi connectivity index (χ1) is 7.31. The minimum Gasteiger partial charge on any atom is -0.461 e. The second kappa shape index (κ2) is 4.36. The van der Waals surface area contributed by atoms with Gasteiger partial charge in [0.25, 0.3) is 0 Å². The number of thioether (sulfide) groups is 1. The molecule has 1 heterocycles. The van der Waals surface area contributed by atoms with E-state index in [0.717, 1.165) is 4.90 Å². The monoisotopic (exact) mass is 218 g/mol. The zero-order valence-electron chi connectivity index (χ0n) is 8.27. The van der Waals surface area contributed by atoms with Crippen molar-refractivity contribution in [1.29, 1.82) is 0 Å². The third-order valence-corrected chi connectivity index (χ3v) is 2.84. The molecule has 0 radical (unpaired) electrons. The molecule has 0 atom stereocenters. The van der Waals surface area contributed by atoms with E-state index in [0.29, 0.717) is 11.3 Å². The van der Waals surface area contributed by atoms with E-state index in [-0.39, 0.29) is 5.78 Å². The van der Waals surface area contributed by atoms with E-state index in [1.54, 1.807) is 23.9 Å². The van der Waals surface area contributed by atoms with Crippen LogP contribution < -0.4 is 0 Å². The second-order valence-corrected chi connectivity index (χ2v) is 3.91. The van der Waals surface area contributed by atoms with Gasteiger partial charge >= 0.3 is 0 Å². The van der Waals surface area contributed by atoms with Crippen molar-refractivity contribution in [3.8, 4) is 0 Å². The van der Waals surface area contributed by atoms with Gasteiger partial charge in [-0.3, -0.25) is 4.79 Å². The van der Waals surface area contributed by atoms with Crippen molar-refractivity contribution in [1.82, 2.24) is 0 Å². The zero-order chi connectivity index (χ0) is 10.7. The maximum absolute atomic E-state index is 11.8. The van der Waals surface area contributed by atoms with Gasteiger partial charge in [0.15, 0.2) is 5.76 Å². The number of benzene rings is 1. The predicted molar refractivity (Wildman–Crippen MR) is 60.4 cm³/mol. The summed E-state index contributed by atoms with van der Waals surface area (Å²) >= 11 is 1.65. The molecule has 0 unspecified atom stereocenters. The SMILES string of the molecule is CSc1ccc(C(=O)c2ccco2)cc1. The molecule has 0 aliphatic carbocycles. The number of hydrogen-bond donors (Lipinski definition) is 0. The van der Waals surface area contributed by atoms with Crippen LogP contribution in [0.4, 0.5) is 0 Å². The Balaban J connectivity index is 2.27. The molecular formula is C12H10O2S. The van der Waals surface area contributed by atoms with Gasteiger partial charge in [-0.15, -0.1) is 11.8 Å². The van der Waals surface area contributed by atoms with Gasteiger partial charge < -0.3 is 4.42 Å². The summed E-state index contributed by atoms with van der Waals surface area (Å²) in [6, 6.07) is 10.9. The molecule has 0 N–H and O–H groups in total. The van der Waals surface area contributed by atoms with E-state index < -0.39 is 0 Å². The summed E-state index contributed by atoms with van der Waals surface area (Å²) in [5.74, 6) is 0.305. The molecule has 0 fully saturated rings. The van der Waals surface area contributed by atoms with Crippen LogP contribution >= 0.6 is 11.8 Å². The van der Waals surface area contributed by atoms with E-state index in [4.69, 9.17) is 4.42 Å². The van der Waals surface area contributed by atoms with Gasteiger partial charge in [0, 0.05) is 10.5 Å². The fraction of sp³-hybridized carbons (Fsp3) is 0.0833. The summed E-state index contributed by atoms with van der Waals surface area (Å²) in [5.41, 5.74) is 0.655. The number of ketones is 1. The van der Waals surface area contributed by atoms with Crippen molar-refractivity contribution < 1.29 is 9.21 Å². The minimum atomic E-state index is -0.0762. The van der Waals surface area contributed by atoms with Gasteiger partial charge in [0.1, 0.15) is 0 Å². The summed E-state index contributed by atoms with van der Waals surface area (Å²) in [6.07, 6.45) is 3.51. The summed E-state index contributed by atoms with van der Waals surface area (Å²) < 4.78 is 5.05. The van der Waals surface area contributed by atoms with Crippen molar-refractivity contribution in [2.75, 3.05) is 6.26 Å². The van der Waals surface area contributed by atoms with Gasteiger partial charge in [-0.1, -0.05) is 0 Å². The third kappa shape index (κ3) is 2.13. The lowest BCUT2D eigenvalue weighted by Gasteiger charge is -1.99. The van der Waals surface area contributed by atoms with E-state index in [2.05, 4.69) is 0 Å². The number of carbonyl (C=O) groups excluding carboxylic acids is 1. The van der Waals surface area contributed by atoms with Crippen LogP contribution in [0.2, 0.25) is 0 Å². The molecule has 0 aliphatic rings. The van der Waals surface area contributed by atoms with Crippen LogP contribution in [-0.4, -0.2) is 12.0 Å². The molecule has 0 spiro atoms. The Kier molecular flexibility index (Phi) is 2.92. The van der Waals surface area contributed by atoms with E-state index >= 15 is 0 Å². The molecule has 2 aromatic rings. The quantitative estimate of drug-likeness (QED) is 0.585. The highest BCUT2D eigenvalue weighted by atomic mass is 32.2. The van der Waals surface area contributed by atoms with Gasteiger partial charge in [-0.05, 0) is 42.7 Å². The Morgan fingerprint density at radius 1 is 1.20 bits per heavy atom. The Bertz CT molecular complexity index is 443. The van der Waals surface area contributed by atoms with Crippen LogP contribution in [0.1, 0.15) is 16.1 Å². The number of carbonyl (C=O) groups is 1. The fourth-order valence-electron chi connectivity index (χ4n) is 1.29. The molecule has 15 heavy (non-hydrogen) atoms. The first-order valence-corrected chi connectivity index (χ1v) is 5.76. The molecule has 2 rings (SSSR count). The summed E-state index contributed by atoms with van der Waals surface area (Å²) in [7, 11) is 0. The highest BCUT2D eigenvalue weighted by Gasteiger charge is 2.10. The van der Waals surface area contributed by atoms with Crippen LogP contribution in [-0.2, 0) is 0 Å². The molecule has 76 valence electrons. The van der Waals surface area contributed by atoms with Crippen molar-refractivity contribution >= 4 is 17.5 Å². The minimum absolute atomic E-state index is 0.0762. The largest absolute Gasteiger partial charge is 0.461 e. The average Bonchev–Trinajstić information content (AvgIpc) is 2.82. The lowest BCUT2D eigenvalue weighted by atomic mass is 10.1. The Labute approximate surface area is 92.3 Å². The molecule has 0 saturated carbocycles. The van der Waals surface area contributed by atoms with Crippen molar-refractivity contribution in [2.24, 2.45) is 0 Å². The third-order valence-electron chi connectivity index (χ3n) is 2.10. The van der Waals surface area contributed by atoms with Gasteiger partial charge in [0.2, 0.25) is 5.78 Å². The molecule has 0 aliphatic heterocycles. The molecule has 3 heteroatoms. The van der Waals surface area contributed by atoms with Gasteiger partial charge in [-0.2, -0.15) is 0 Å². The van der Waals surface area contributed by atoms with Crippen LogP contribution in [0.5, 0.6) is 0 Å². The fourth-order valence-corrected chi connectivity index (χ4v) is 1.70. The normalized spacial score (nSPS) is 10.2. The number of furan rings is 1. The number of rotatable bonds is 3. The van der Waals surface area contributed by atoms with E-state index in [1.807, 2.05) is 30.5 Å². The van der Waals surface area contributed by atoms with Crippen molar-refractivity contribution in [2.45, 2.75) is 4.90 Å². The highest BCUT2D eigenvalue weighted by molar-refractivity contribution is 7.98. The van der Waals surface area contributed by atoms with E-state index in [9.17, 15) is 4.79 Å². The standard InChI is InChI=1S/C12H10O2S/c1-15-10-6-4-9(5-7-10)12(13)11-3-2-8-14-11/h2-8H,1H3. The summed E-state index contributed by atoms with van der Waals surface area (Å²) in [6.45, 7) is 0. The Morgan fingerprint density at radius 2 is 1.93 bits per heavy atom. The van der Waals surface area contributed by atoms with Crippen LogP contribution in [0.3, 0.4) is 0 Å². The average molecular weight is 218 g/mol. The van der Waals surface area contributed by atoms with Gasteiger partial charge in [-0.25, -0.2) is 0 Å². The maximum atomic E-state index is 11.8. The number of hydrogen-bond acceptors (Lipinski definition) is 3. The summed E-state index contributed by atoms with van der Waals surface area (Å²) in [5, 5.41) is 0. The Morgan fingerprint density at radius 3 is 2.47 bits per heavy atom. The lowest BCUT2D eigenvalue weighted by Crippen LogP contribution is -1.98. The van der Waals surface area contributed by atoms with Crippen LogP contribution in [0, 0.1) is 0 Å².